The maximum absolute atomic E-state index is 11.8. The number of methoxy groups -OCH3 is 1. The monoisotopic (exact) mass is 297 g/mol. The van der Waals surface area contributed by atoms with Crippen LogP contribution in [0.2, 0.25) is 0 Å². The maximum atomic E-state index is 11.8. The third-order valence-corrected chi connectivity index (χ3v) is 2.62. The van der Waals surface area contributed by atoms with Crippen LogP contribution in [-0.2, 0) is 23.9 Å². The molecule has 0 aromatic heterocycles. The van der Waals surface area contributed by atoms with E-state index in [1.165, 1.54) is 14.0 Å². The molecule has 8 nitrogen and oxygen atoms in total. The summed E-state index contributed by atoms with van der Waals surface area (Å²) in [7, 11) is 1.35. The molecule has 0 rings (SSSR count). The largest absolute Gasteiger partial charge is 0.463 e. The molecular formula is C13H19N3O5. The zero-order valence-corrected chi connectivity index (χ0v) is 12.0. The van der Waals surface area contributed by atoms with E-state index in [0.717, 1.165) is 0 Å². The maximum Gasteiger partial charge on any atom is 0.328 e. The number of esters is 1. The number of rotatable bonds is 10. The lowest BCUT2D eigenvalue weighted by Crippen LogP contribution is -2.46. The topological polar surface area (TPSA) is 129 Å². The summed E-state index contributed by atoms with van der Waals surface area (Å²) in [6, 6.07) is 0.805. The molecule has 2 N–H and O–H groups in total. The first-order valence-corrected chi connectivity index (χ1v) is 6.36. The highest BCUT2D eigenvalue weighted by atomic mass is 16.5. The van der Waals surface area contributed by atoms with Crippen molar-refractivity contribution in [1.29, 1.82) is 10.7 Å². The zero-order chi connectivity index (χ0) is 16.3. The van der Waals surface area contributed by atoms with E-state index in [0.29, 0.717) is 6.21 Å². The lowest BCUT2D eigenvalue weighted by atomic mass is 10.1. The molecule has 8 heteroatoms. The van der Waals surface area contributed by atoms with Crippen molar-refractivity contribution in [3.8, 4) is 6.07 Å². The molecule has 0 aromatic rings. The van der Waals surface area contributed by atoms with E-state index in [9.17, 15) is 14.4 Å². The first-order valence-electron chi connectivity index (χ1n) is 6.36. The molecule has 0 saturated heterocycles. The number of carbonyl (C=O) groups excluding carboxylic acids is 3. The zero-order valence-electron chi connectivity index (χ0n) is 12.0. The van der Waals surface area contributed by atoms with Crippen molar-refractivity contribution in [3.63, 3.8) is 0 Å². The molecular weight excluding hydrogens is 278 g/mol. The fourth-order valence-corrected chi connectivity index (χ4v) is 1.30. The third kappa shape index (κ3) is 7.79. The number of hydrogen-bond donors (Lipinski definition) is 2. The first-order chi connectivity index (χ1) is 9.96. The number of hydrogen-bond acceptors (Lipinski definition) is 7. The molecule has 0 unspecified atom stereocenters. The van der Waals surface area contributed by atoms with Crippen LogP contribution in [0, 0.1) is 16.7 Å². The van der Waals surface area contributed by atoms with Gasteiger partial charge in [-0.2, -0.15) is 5.26 Å². The van der Waals surface area contributed by atoms with Crippen LogP contribution >= 0.6 is 0 Å². The Hall–Kier alpha value is -2.27. The Morgan fingerprint density at radius 2 is 2.10 bits per heavy atom. The van der Waals surface area contributed by atoms with Crippen molar-refractivity contribution in [3.05, 3.63) is 0 Å². The van der Waals surface area contributed by atoms with Gasteiger partial charge in [0.1, 0.15) is 18.8 Å². The van der Waals surface area contributed by atoms with Crippen molar-refractivity contribution in [2.24, 2.45) is 0 Å². The van der Waals surface area contributed by atoms with Gasteiger partial charge in [-0.3, -0.25) is 9.59 Å². The van der Waals surface area contributed by atoms with Crippen LogP contribution in [0.3, 0.4) is 0 Å². The summed E-state index contributed by atoms with van der Waals surface area (Å²) in [6.07, 6.45) is -0.110. The molecule has 1 amide bonds. The Morgan fingerprint density at radius 3 is 2.62 bits per heavy atom. The summed E-state index contributed by atoms with van der Waals surface area (Å²) in [4.78, 5) is 34.6. The molecule has 0 radical (unpaired) electrons. The fraction of sp³-hybridized carbons (Fsp3) is 0.615. The SMILES string of the molecule is CO[C@@H](C)C(=O)N[C@@H](CCC(=O)C=N)C(=O)OCCC#N. The third-order valence-electron chi connectivity index (χ3n) is 2.62. The van der Waals surface area contributed by atoms with Gasteiger partial charge in [-0.25, -0.2) is 4.79 Å². The molecule has 0 spiro atoms. The van der Waals surface area contributed by atoms with E-state index in [2.05, 4.69) is 5.32 Å². The number of carbonyl (C=O) groups is 3. The lowest BCUT2D eigenvalue weighted by molar-refractivity contribution is -0.149. The Bertz CT molecular complexity index is 430. The number of amides is 1. The van der Waals surface area contributed by atoms with Crippen LogP contribution in [0.25, 0.3) is 0 Å². The molecule has 116 valence electrons. The van der Waals surface area contributed by atoms with E-state index < -0.39 is 29.8 Å². The van der Waals surface area contributed by atoms with Crippen molar-refractivity contribution in [1.82, 2.24) is 5.32 Å². The molecule has 0 aliphatic carbocycles. The minimum absolute atomic E-state index is 0.0156. The average Bonchev–Trinajstić information content (AvgIpc) is 2.49. The van der Waals surface area contributed by atoms with Crippen molar-refractivity contribution < 1.29 is 23.9 Å². The van der Waals surface area contributed by atoms with Gasteiger partial charge < -0.3 is 20.2 Å². The summed E-state index contributed by atoms with van der Waals surface area (Å²) >= 11 is 0. The van der Waals surface area contributed by atoms with E-state index >= 15 is 0 Å². The van der Waals surface area contributed by atoms with Gasteiger partial charge in [0.15, 0.2) is 5.78 Å². The second-order valence-corrected chi connectivity index (χ2v) is 4.16. The Balaban J connectivity index is 4.63. The minimum atomic E-state index is -1.02. The smallest absolute Gasteiger partial charge is 0.328 e. The van der Waals surface area contributed by atoms with Crippen LogP contribution in [-0.4, -0.2) is 49.7 Å². The molecule has 21 heavy (non-hydrogen) atoms. The van der Waals surface area contributed by atoms with Gasteiger partial charge in [-0.15, -0.1) is 0 Å². The summed E-state index contributed by atoms with van der Waals surface area (Å²) < 4.78 is 9.67. The van der Waals surface area contributed by atoms with Crippen LogP contribution in [0.4, 0.5) is 0 Å². The van der Waals surface area contributed by atoms with E-state index in [4.69, 9.17) is 20.1 Å². The van der Waals surface area contributed by atoms with Crippen molar-refractivity contribution >= 4 is 23.9 Å². The van der Waals surface area contributed by atoms with Gasteiger partial charge in [0.25, 0.3) is 0 Å². The van der Waals surface area contributed by atoms with Crippen LogP contribution in [0.1, 0.15) is 26.2 Å². The normalized spacial score (nSPS) is 12.6. The Kier molecular flexibility index (Phi) is 9.37. The second kappa shape index (κ2) is 10.5. The van der Waals surface area contributed by atoms with Gasteiger partial charge in [0, 0.05) is 13.5 Å². The molecule has 0 heterocycles. The van der Waals surface area contributed by atoms with Gasteiger partial charge in [0.2, 0.25) is 5.91 Å². The number of Topliss-reactive ketones (excluding diaryl/α,β-unsaturated/α-hetero) is 1. The van der Waals surface area contributed by atoms with E-state index in [-0.39, 0.29) is 25.9 Å². The minimum Gasteiger partial charge on any atom is -0.463 e. The molecule has 0 aromatic carbocycles. The quantitative estimate of drug-likeness (QED) is 0.330. The number of nitriles is 1. The van der Waals surface area contributed by atoms with Crippen LogP contribution in [0.15, 0.2) is 0 Å². The average molecular weight is 297 g/mol. The molecule has 0 bridgehead atoms. The molecule has 0 saturated carbocycles. The Morgan fingerprint density at radius 1 is 1.43 bits per heavy atom. The number of nitrogens with zero attached hydrogens (tertiary/aromatic N) is 1. The van der Waals surface area contributed by atoms with E-state index in [1.54, 1.807) is 0 Å². The highest BCUT2D eigenvalue weighted by molar-refractivity contribution is 6.26. The summed E-state index contributed by atoms with van der Waals surface area (Å²) in [5.41, 5.74) is 0. The molecule has 0 fully saturated rings. The number of ether oxygens (including phenoxy) is 2. The van der Waals surface area contributed by atoms with Crippen molar-refractivity contribution in [2.75, 3.05) is 13.7 Å². The molecule has 0 aliphatic heterocycles. The van der Waals surface area contributed by atoms with Gasteiger partial charge in [-0.1, -0.05) is 0 Å². The van der Waals surface area contributed by atoms with Gasteiger partial charge in [0.05, 0.1) is 18.7 Å². The predicted molar refractivity (Wildman–Crippen MR) is 72.6 cm³/mol. The van der Waals surface area contributed by atoms with Gasteiger partial charge >= 0.3 is 5.97 Å². The second-order valence-electron chi connectivity index (χ2n) is 4.16. The van der Waals surface area contributed by atoms with Gasteiger partial charge in [-0.05, 0) is 13.3 Å². The summed E-state index contributed by atoms with van der Waals surface area (Å²) in [6.45, 7) is 1.43. The van der Waals surface area contributed by atoms with E-state index in [1.807, 2.05) is 6.07 Å². The highest BCUT2D eigenvalue weighted by Crippen LogP contribution is 2.03. The first kappa shape index (κ1) is 18.7. The van der Waals surface area contributed by atoms with Crippen LogP contribution in [0.5, 0.6) is 0 Å². The lowest BCUT2D eigenvalue weighted by Gasteiger charge is -2.18. The fourth-order valence-electron chi connectivity index (χ4n) is 1.30. The Labute approximate surface area is 122 Å². The predicted octanol–water partition coefficient (Wildman–Crippen LogP) is -0.0382. The summed E-state index contributed by atoms with van der Waals surface area (Å²) in [5, 5.41) is 17.6. The summed E-state index contributed by atoms with van der Waals surface area (Å²) in [5.74, 6) is -1.69. The van der Waals surface area contributed by atoms with Crippen molar-refractivity contribution in [2.45, 2.75) is 38.3 Å². The van der Waals surface area contributed by atoms with Crippen LogP contribution < -0.4 is 5.32 Å². The number of nitrogens with one attached hydrogen (secondary N) is 2. The highest BCUT2D eigenvalue weighted by Gasteiger charge is 2.25. The molecule has 2 atom stereocenters. The standard InChI is InChI=1S/C13H19N3O5/c1-9(20-2)12(18)16-11(5-4-10(17)8-15)13(19)21-7-3-6-14/h8-9,11,15H,3-5,7H2,1-2H3,(H,16,18)/t9-,11-/m0/s1. The number of ketones is 1. The molecule has 0 aliphatic rings.